The van der Waals surface area contributed by atoms with Crippen LogP contribution < -0.4 is 16.0 Å². The van der Waals surface area contributed by atoms with Crippen molar-refractivity contribution in [1.29, 1.82) is 0 Å². The van der Waals surface area contributed by atoms with Crippen molar-refractivity contribution in [2.45, 2.75) is 46.2 Å². The maximum atomic E-state index is 11.4. The lowest BCUT2D eigenvalue weighted by Crippen LogP contribution is -2.49. The fraction of sp³-hybridized carbons (Fsp3) is 0.800. The topological polar surface area (TPSA) is 70.2 Å². The molecular weight excluding hydrogens is 194 g/mol. The van der Waals surface area contributed by atoms with E-state index in [4.69, 9.17) is 0 Å². The average molecular weight is 215 g/mol. The van der Waals surface area contributed by atoms with E-state index >= 15 is 0 Å². The summed E-state index contributed by atoms with van der Waals surface area (Å²) in [6, 6.07) is -0.729. The van der Waals surface area contributed by atoms with Gasteiger partial charge >= 0.3 is 6.03 Å². The average Bonchev–Trinajstić information content (AvgIpc) is 2.13. The van der Waals surface area contributed by atoms with Crippen LogP contribution in [0.2, 0.25) is 0 Å². The number of hydrogen-bond acceptors (Lipinski definition) is 2. The minimum absolute atomic E-state index is 0.0838. The molecule has 0 aromatic carbocycles. The van der Waals surface area contributed by atoms with E-state index < -0.39 is 6.04 Å². The highest BCUT2D eigenvalue weighted by molar-refractivity contribution is 5.86. The Morgan fingerprint density at radius 2 is 1.73 bits per heavy atom. The maximum absolute atomic E-state index is 11.4. The van der Waals surface area contributed by atoms with Gasteiger partial charge in [0.15, 0.2) is 0 Å². The van der Waals surface area contributed by atoms with Crippen LogP contribution in [0.3, 0.4) is 0 Å². The number of carbonyl (C=O) groups excluding carboxylic acids is 2. The zero-order chi connectivity index (χ0) is 11.8. The third kappa shape index (κ3) is 6.76. The van der Waals surface area contributed by atoms with E-state index in [9.17, 15) is 9.59 Å². The molecular formula is C10H21N3O2. The van der Waals surface area contributed by atoms with Crippen LogP contribution in [-0.4, -0.2) is 30.6 Å². The first kappa shape index (κ1) is 13.7. The minimum atomic E-state index is -0.510. The van der Waals surface area contributed by atoms with Gasteiger partial charge < -0.3 is 16.0 Å². The summed E-state index contributed by atoms with van der Waals surface area (Å²) in [5.41, 5.74) is 0. The maximum Gasteiger partial charge on any atom is 0.315 e. The summed E-state index contributed by atoms with van der Waals surface area (Å²) in [5.74, 6) is -0.170. The summed E-state index contributed by atoms with van der Waals surface area (Å²) in [5, 5.41) is 7.92. The SMILES string of the molecule is CCCNC(=O)NC(C)C(=O)NC(C)C. The number of nitrogens with one attached hydrogen (secondary N) is 3. The molecule has 0 saturated heterocycles. The first-order chi connectivity index (χ1) is 6.97. The van der Waals surface area contributed by atoms with Crippen molar-refractivity contribution in [2.75, 3.05) is 6.54 Å². The molecule has 3 N–H and O–H groups in total. The fourth-order valence-electron chi connectivity index (χ4n) is 0.961. The Balaban J connectivity index is 3.85. The monoisotopic (exact) mass is 215 g/mol. The van der Waals surface area contributed by atoms with Crippen molar-refractivity contribution in [2.24, 2.45) is 0 Å². The van der Waals surface area contributed by atoms with Gasteiger partial charge in [-0.3, -0.25) is 4.79 Å². The molecule has 0 fully saturated rings. The number of urea groups is 1. The molecule has 5 nitrogen and oxygen atoms in total. The lowest BCUT2D eigenvalue weighted by Gasteiger charge is -2.16. The van der Waals surface area contributed by atoms with Gasteiger partial charge in [-0.2, -0.15) is 0 Å². The second kappa shape index (κ2) is 7.09. The molecule has 0 heterocycles. The van der Waals surface area contributed by atoms with Gasteiger partial charge in [-0.25, -0.2) is 4.79 Å². The standard InChI is InChI=1S/C10H21N3O2/c1-5-6-11-10(15)13-8(4)9(14)12-7(2)3/h7-8H,5-6H2,1-4H3,(H,12,14)(H2,11,13,15). The van der Waals surface area contributed by atoms with E-state index in [1.165, 1.54) is 0 Å². The minimum Gasteiger partial charge on any atom is -0.352 e. The first-order valence-electron chi connectivity index (χ1n) is 5.32. The van der Waals surface area contributed by atoms with Crippen molar-refractivity contribution >= 4 is 11.9 Å². The van der Waals surface area contributed by atoms with Crippen LogP contribution in [0.25, 0.3) is 0 Å². The van der Waals surface area contributed by atoms with Gasteiger partial charge in [-0.15, -0.1) is 0 Å². The van der Waals surface area contributed by atoms with Crippen LogP contribution in [0.1, 0.15) is 34.1 Å². The van der Waals surface area contributed by atoms with Crippen molar-refractivity contribution in [3.05, 3.63) is 0 Å². The summed E-state index contributed by atoms with van der Waals surface area (Å²) >= 11 is 0. The molecule has 5 heteroatoms. The van der Waals surface area contributed by atoms with E-state index in [-0.39, 0.29) is 18.0 Å². The van der Waals surface area contributed by atoms with Crippen molar-refractivity contribution in [3.63, 3.8) is 0 Å². The highest BCUT2D eigenvalue weighted by atomic mass is 16.2. The predicted octanol–water partition coefficient (Wildman–Crippen LogP) is 0.609. The number of rotatable bonds is 5. The quantitative estimate of drug-likeness (QED) is 0.629. The summed E-state index contributed by atoms with van der Waals surface area (Å²) in [6.07, 6.45) is 0.875. The summed E-state index contributed by atoms with van der Waals surface area (Å²) < 4.78 is 0. The van der Waals surface area contributed by atoms with Crippen molar-refractivity contribution in [3.8, 4) is 0 Å². The molecule has 3 amide bonds. The van der Waals surface area contributed by atoms with Gasteiger partial charge in [-0.05, 0) is 27.2 Å². The van der Waals surface area contributed by atoms with Gasteiger partial charge in [0.05, 0.1) is 0 Å². The van der Waals surface area contributed by atoms with Crippen LogP contribution >= 0.6 is 0 Å². The molecule has 15 heavy (non-hydrogen) atoms. The Labute approximate surface area is 91.0 Å². The van der Waals surface area contributed by atoms with Gasteiger partial charge in [-0.1, -0.05) is 6.92 Å². The molecule has 0 rings (SSSR count). The highest BCUT2D eigenvalue weighted by Crippen LogP contribution is 1.85. The molecule has 1 atom stereocenters. The van der Waals surface area contributed by atoms with Crippen LogP contribution in [-0.2, 0) is 4.79 Å². The number of hydrogen-bond donors (Lipinski definition) is 3. The Hall–Kier alpha value is -1.26. The smallest absolute Gasteiger partial charge is 0.315 e. The predicted molar refractivity (Wildman–Crippen MR) is 59.6 cm³/mol. The van der Waals surface area contributed by atoms with Crippen LogP contribution in [0.5, 0.6) is 0 Å². The molecule has 0 bridgehead atoms. The lowest BCUT2D eigenvalue weighted by atomic mass is 10.3. The molecule has 0 saturated carbocycles. The summed E-state index contributed by atoms with van der Waals surface area (Å²) in [7, 11) is 0. The van der Waals surface area contributed by atoms with Gasteiger partial charge in [0.25, 0.3) is 0 Å². The molecule has 0 aromatic rings. The lowest BCUT2D eigenvalue weighted by molar-refractivity contribution is -0.123. The van der Waals surface area contributed by atoms with E-state index in [0.717, 1.165) is 6.42 Å². The normalized spacial score (nSPS) is 12.1. The molecule has 1 unspecified atom stereocenters. The number of carbonyl (C=O) groups is 2. The Kier molecular flexibility index (Phi) is 6.49. The number of amides is 3. The Morgan fingerprint density at radius 1 is 1.13 bits per heavy atom. The van der Waals surface area contributed by atoms with Gasteiger partial charge in [0.1, 0.15) is 6.04 Å². The van der Waals surface area contributed by atoms with Crippen LogP contribution in [0, 0.1) is 0 Å². The summed E-state index contributed by atoms with van der Waals surface area (Å²) in [4.78, 5) is 22.6. The van der Waals surface area contributed by atoms with Gasteiger partial charge in [0, 0.05) is 12.6 Å². The van der Waals surface area contributed by atoms with Crippen LogP contribution in [0.4, 0.5) is 4.79 Å². The van der Waals surface area contributed by atoms with E-state index in [1.807, 2.05) is 20.8 Å². The second-order valence-electron chi connectivity index (χ2n) is 3.79. The molecule has 0 aromatic heterocycles. The molecule has 0 radical (unpaired) electrons. The van der Waals surface area contributed by atoms with E-state index in [1.54, 1.807) is 6.92 Å². The van der Waals surface area contributed by atoms with Gasteiger partial charge in [0.2, 0.25) is 5.91 Å². The Bertz CT molecular complexity index is 217. The molecule has 0 aliphatic heterocycles. The summed E-state index contributed by atoms with van der Waals surface area (Å²) in [6.45, 7) is 7.99. The van der Waals surface area contributed by atoms with Crippen molar-refractivity contribution < 1.29 is 9.59 Å². The molecule has 88 valence electrons. The molecule has 0 aliphatic rings. The fourth-order valence-corrected chi connectivity index (χ4v) is 0.961. The zero-order valence-electron chi connectivity index (χ0n) is 9.89. The van der Waals surface area contributed by atoms with Crippen molar-refractivity contribution in [1.82, 2.24) is 16.0 Å². The highest BCUT2D eigenvalue weighted by Gasteiger charge is 2.15. The van der Waals surface area contributed by atoms with E-state index in [0.29, 0.717) is 6.54 Å². The Morgan fingerprint density at radius 3 is 2.20 bits per heavy atom. The third-order valence-corrected chi connectivity index (χ3v) is 1.71. The van der Waals surface area contributed by atoms with Crippen LogP contribution in [0.15, 0.2) is 0 Å². The molecule has 0 spiro atoms. The van der Waals surface area contributed by atoms with E-state index in [2.05, 4.69) is 16.0 Å². The zero-order valence-corrected chi connectivity index (χ0v) is 9.89. The first-order valence-corrected chi connectivity index (χ1v) is 5.32. The largest absolute Gasteiger partial charge is 0.352 e. The second-order valence-corrected chi connectivity index (χ2v) is 3.79. The third-order valence-electron chi connectivity index (χ3n) is 1.71. The molecule has 0 aliphatic carbocycles.